The molecule has 30 heavy (non-hydrogen) atoms. The lowest BCUT2D eigenvalue weighted by atomic mass is 9.97. The average Bonchev–Trinajstić information content (AvgIpc) is 3.22. The molecule has 6 heteroatoms. The summed E-state index contributed by atoms with van der Waals surface area (Å²) in [5.41, 5.74) is 3.13. The van der Waals surface area contributed by atoms with Crippen molar-refractivity contribution >= 4 is 23.2 Å². The fraction of sp³-hybridized carbons (Fsp3) is 0.292. The highest BCUT2D eigenvalue weighted by atomic mass is 32.1. The number of likely N-dealkylation sites (N-methyl/N-ethyl adjacent to an activating group) is 1. The van der Waals surface area contributed by atoms with Crippen LogP contribution in [-0.2, 0) is 11.2 Å². The molecule has 3 heterocycles. The van der Waals surface area contributed by atoms with Crippen molar-refractivity contribution in [2.24, 2.45) is 0 Å². The van der Waals surface area contributed by atoms with Crippen molar-refractivity contribution < 1.29 is 9.59 Å². The first-order valence-electron chi connectivity index (χ1n) is 10.2. The van der Waals surface area contributed by atoms with E-state index < -0.39 is 6.04 Å². The highest BCUT2D eigenvalue weighted by Crippen LogP contribution is 2.25. The van der Waals surface area contributed by atoms with Gasteiger partial charge in [0.05, 0.1) is 4.88 Å². The van der Waals surface area contributed by atoms with Crippen LogP contribution in [0.25, 0.3) is 11.1 Å². The summed E-state index contributed by atoms with van der Waals surface area (Å²) in [7, 11) is 0. The highest BCUT2D eigenvalue weighted by Gasteiger charge is 2.37. The second kappa shape index (κ2) is 8.79. The minimum atomic E-state index is -0.488. The molecule has 0 radical (unpaired) electrons. The topological polar surface area (TPSA) is 53.5 Å². The van der Waals surface area contributed by atoms with E-state index in [1.54, 1.807) is 11.1 Å². The van der Waals surface area contributed by atoms with E-state index in [1.165, 1.54) is 11.3 Å². The van der Waals surface area contributed by atoms with Crippen molar-refractivity contribution in [2.75, 3.05) is 19.6 Å². The number of rotatable bonds is 5. The van der Waals surface area contributed by atoms with E-state index in [2.05, 4.69) is 11.1 Å². The van der Waals surface area contributed by atoms with Crippen LogP contribution in [0.15, 0.2) is 60.9 Å². The van der Waals surface area contributed by atoms with Crippen LogP contribution in [0.5, 0.6) is 0 Å². The van der Waals surface area contributed by atoms with E-state index in [4.69, 9.17) is 0 Å². The van der Waals surface area contributed by atoms with E-state index in [9.17, 15) is 9.59 Å². The predicted molar refractivity (Wildman–Crippen MR) is 120 cm³/mol. The van der Waals surface area contributed by atoms with Crippen molar-refractivity contribution in [1.82, 2.24) is 14.8 Å². The first-order valence-corrected chi connectivity index (χ1v) is 11.0. The van der Waals surface area contributed by atoms with Crippen molar-refractivity contribution in [1.29, 1.82) is 0 Å². The lowest BCUT2D eigenvalue weighted by Crippen LogP contribution is -2.59. The maximum atomic E-state index is 13.2. The third kappa shape index (κ3) is 4.14. The Morgan fingerprint density at radius 2 is 1.97 bits per heavy atom. The Morgan fingerprint density at radius 1 is 1.13 bits per heavy atom. The van der Waals surface area contributed by atoms with Crippen molar-refractivity contribution in [3.8, 4) is 11.1 Å². The zero-order valence-electron chi connectivity index (χ0n) is 17.2. The summed E-state index contributed by atoms with van der Waals surface area (Å²) in [5.74, 6) is -0.0252. The van der Waals surface area contributed by atoms with Crippen LogP contribution >= 0.6 is 11.3 Å². The molecule has 154 valence electrons. The van der Waals surface area contributed by atoms with Gasteiger partial charge >= 0.3 is 0 Å². The number of thiophene rings is 1. The number of hydrogen-bond acceptors (Lipinski definition) is 4. The van der Waals surface area contributed by atoms with Gasteiger partial charge in [-0.1, -0.05) is 30.3 Å². The summed E-state index contributed by atoms with van der Waals surface area (Å²) in [6, 6.07) is 15.4. The number of carbonyl (C=O) groups is 2. The van der Waals surface area contributed by atoms with Gasteiger partial charge in [0.2, 0.25) is 5.91 Å². The monoisotopic (exact) mass is 419 g/mol. The molecule has 2 aromatic heterocycles. The second-order valence-electron chi connectivity index (χ2n) is 7.49. The Labute approximate surface area is 181 Å². The smallest absolute Gasteiger partial charge is 0.264 e. The normalized spacial score (nSPS) is 16.7. The summed E-state index contributed by atoms with van der Waals surface area (Å²) in [5, 5.41) is 0. The number of aromatic nitrogens is 1. The Kier molecular flexibility index (Phi) is 5.95. The number of hydrogen-bond donors (Lipinski definition) is 0. The van der Waals surface area contributed by atoms with E-state index in [0.29, 0.717) is 30.9 Å². The SMILES string of the molecule is CCN1CCN(C(=O)c2ccc(C)s2)[C@H](Cc2cccc(-c3cccnc3)c2)C1=O. The number of pyridine rings is 1. The zero-order valence-corrected chi connectivity index (χ0v) is 18.1. The van der Waals surface area contributed by atoms with Gasteiger partial charge in [0.25, 0.3) is 5.91 Å². The number of benzene rings is 1. The van der Waals surface area contributed by atoms with Crippen LogP contribution in [0.1, 0.15) is 27.0 Å². The standard InChI is InChI=1S/C24H25N3O2S/c1-3-26-12-13-27(24(29)22-10-9-17(2)30-22)21(23(26)28)15-18-6-4-7-19(14-18)20-8-5-11-25-16-20/h4-11,14,16,21H,3,12-13,15H2,1-2H3/t21-/m1/s1. The zero-order chi connectivity index (χ0) is 21.1. The Hall–Kier alpha value is -2.99. The molecule has 0 unspecified atom stereocenters. The molecular formula is C24H25N3O2S. The van der Waals surface area contributed by atoms with Crippen molar-refractivity contribution in [3.05, 3.63) is 76.2 Å². The first kappa shape index (κ1) is 20.3. The van der Waals surface area contributed by atoms with Gasteiger partial charge in [-0.25, -0.2) is 0 Å². The molecule has 1 atom stereocenters. The Bertz CT molecular complexity index is 1050. The molecule has 0 aliphatic carbocycles. The molecule has 1 saturated heterocycles. The van der Waals surface area contributed by atoms with Gasteiger partial charge in [-0.2, -0.15) is 0 Å². The minimum Gasteiger partial charge on any atom is -0.339 e. The molecule has 0 N–H and O–H groups in total. The lowest BCUT2D eigenvalue weighted by molar-refractivity contribution is -0.139. The molecule has 0 bridgehead atoms. The number of piperazine rings is 1. The fourth-order valence-corrected chi connectivity index (χ4v) is 4.74. The molecule has 1 fully saturated rings. The maximum absolute atomic E-state index is 13.2. The van der Waals surface area contributed by atoms with E-state index in [-0.39, 0.29) is 11.8 Å². The van der Waals surface area contributed by atoms with Crippen LogP contribution in [-0.4, -0.2) is 52.3 Å². The van der Waals surface area contributed by atoms with Gasteiger partial charge in [-0.3, -0.25) is 14.6 Å². The van der Waals surface area contributed by atoms with Crippen molar-refractivity contribution in [2.45, 2.75) is 26.3 Å². The lowest BCUT2D eigenvalue weighted by Gasteiger charge is -2.40. The fourth-order valence-electron chi connectivity index (χ4n) is 3.92. The van der Waals surface area contributed by atoms with Crippen LogP contribution in [0.3, 0.4) is 0 Å². The average molecular weight is 420 g/mol. The van der Waals surface area contributed by atoms with Crippen molar-refractivity contribution in [3.63, 3.8) is 0 Å². The molecule has 0 spiro atoms. The van der Waals surface area contributed by atoms with Crippen LogP contribution in [0.2, 0.25) is 0 Å². The molecule has 0 saturated carbocycles. The highest BCUT2D eigenvalue weighted by molar-refractivity contribution is 7.13. The maximum Gasteiger partial charge on any atom is 0.264 e. The number of nitrogens with zero attached hydrogens (tertiary/aromatic N) is 3. The molecule has 5 nitrogen and oxygen atoms in total. The molecular weight excluding hydrogens is 394 g/mol. The second-order valence-corrected chi connectivity index (χ2v) is 8.78. The predicted octanol–water partition coefficient (Wildman–Crippen LogP) is 4.03. The largest absolute Gasteiger partial charge is 0.339 e. The molecule has 1 aliphatic rings. The summed E-state index contributed by atoms with van der Waals surface area (Å²) < 4.78 is 0. The molecule has 2 amide bonds. The van der Waals surface area contributed by atoms with E-state index in [1.807, 2.05) is 67.4 Å². The van der Waals surface area contributed by atoms with Crippen LogP contribution in [0, 0.1) is 6.92 Å². The van der Waals surface area contributed by atoms with Gasteiger partial charge in [-0.05, 0) is 48.7 Å². The molecule has 1 aliphatic heterocycles. The third-order valence-corrected chi connectivity index (χ3v) is 6.52. The summed E-state index contributed by atoms with van der Waals surface area (Å²) in [6.07, 6.45) is 4.08. The Morgan fingerprint density at radius 3 is 2.67 bits per heavy atom. The summed E-state index contributed by atoms with van der Waals surface area (Å²) in [4.78, 5) is 36.0. The minimum absolute atomic E-state index is 0.0251. The molecule has 4 rings (SSSR count). The summed E-state index contributed by atoms with van der Waals surface area (Å²) in [6.45, 7) is 5.77. The number of amides is 2. The van der Waals surface area contributed by atoms with Crippen LogP contribution in [0.4, 0.5) is 0 Å². The quantitative estimate of drug-likeness (QED) is 0.627. The molecule has 3 aromatic rings. The van der Waals surface area contributed by atoms with E-state index in [0.717, 1.165) is 21.6 Å². The van der Waals surface area contributed by atoms with Gasteiger partial charge in [0.15, 0.2) is 0 Å². The van der Waals surface area contributed by atoms with Crippen LogP contribution < -0.4 is 0 Å². The van der Waals surface area contributed by atoms with Gasteiger partial charge in [-0.15, -0.1) is 11.3 Å². The first-order chi connectivity index (χ1) is 14.6. The number of aryl methyl sites for hydroxylation is 1. The van der Waals surface area contributed by atoms with E-state index >= 15 is 0 Å². The van der Waals surface area contributed by atoms with Gasteiger partial charge in [0.1, 0.15) is 6.04 Å². The van der Waals surface area contributed by atoms with Gasteiger partial charge in [0, 0.05) is 43.3 Å². The Balaban J connectivity index is 1.63. The third-order valence-electron chi connectivity index (χ3n) is 5.53. The van der Waals surface area contributed by atoms with Gasteiger partial charge < -0.3 is 9.80 Å². The molecule has 1 aromatic carbocycles. The number of carbonyl (C=O) groups excluding carboxylic acids is 2. The summed E-state index contributed by atoms with van der Waals surface area (Å²) >= 11 is 1.48.